The number of aromatic nitrogens is 1. The van der Waals surface area contributed by atoms with Crippen LogP contribution in [0.4, 0.5) is 11.4 Å². The van der Waals surface area contributed by atoms with E-state index in [0.717, 1.165) is 26.5 Å². The van der Waals surface area contributed by atoms with Crippen LogP contribution in [-0.2, 0) is 0 Å². The molecule has 0 aliphatic carbocycles. The maximum atomic E-state index is 5.90. The van der Waals surface area contributed by atoms with Gasteiger partial charge in [0.2, 0.25) is 0 Å². The number of anilines is 2. The summed E-state index contributed by atoms with van der Waals surface area (Å²) in [6.45, 7) is 0. The molecule has 3 aromatic rings. The van der Waals surface area contributed by atoms with Crippen molar-refractivity contribution in [2.75, 3.05) is 11.5 Å². The summed E-state index contributed by atoms with van der Waals surface area (Å²) in [4.78, 5) is 4.56. The summed E-state index contributed by atoms with van der Waals surface area (Å²) >= 11 is 1.63. The van der Waals surface area contributed by atoms with Gasteiger partial charge in [-0.15, -0.1) is 11.3 Å². The maximum Gasteiger partial charge on any atom is 0.124 e. The van der Waals surface area contributed by atoms with E-state index in [4.69, 9.17) is 11.5 Å². The zero-order chi connectivity index (χ0) is 11.8. The minimum atomic E-state index is 0.717. The van der Waals surface area contributed by atoms with Gasteiger partial charge in [0.15, 0.2) is 0 Å². The number of nitrogen functional groups attached to an aromatic ring is 2. The zero-order valence-corrected chi connectivity index (χ0v) is 9.87. The lowest BCUT2D eigenvalue weighted by molar-refractivity contribution is 1.48. The molecule has 0 bridgehead atoms. The summed E-state index contributed by atoms with van der Waals surface area (Å²) in [6, 6.07) is 13.6. The Morgan fingerprint density at radius 2 is 1.82 bits per heavy atom. The summed E-state index contributed by atoms with van der Waals surface area (Å²) in [5.41, 5.74) is 15.0. The van der Waals surface area contributed by atoms with Crippen LogP contribution in [0.3, 0.4) is 0 Å². The molecule has 0 unspecified atom stereocenters. The van der Waals surface area contributed by atoms with Crippen molar-refractivity contribution in [1.82, 2.24) is 4.98 Å². The lowest BCUT2D eigenvalue weighted by Crippen LogP contribution is -1.86. The Morgan fingerprint density at radius 1 is 1.00 bits per heavy atom. The summed E-state index contributed by atoms with van der Waals surface area (Å²) in [7, 11) is 0. The number of fused-ring (bicyclic) bond motifs is 1. The van der Waals surface area contributed by atoms with E-state index in [1.54, 1.807) is 11.3 Å². The highest BCUT2D eigenvalue weighted by molar-refractivity contribution is 7.21. The van der Waals surface area contributed by atoms with Crippen molar-refractivity contribution in [3.05, 3.63) is 42.5 Å². The molecule has 4 N–H and O–H groups in total. The first-order valence-corrected chi connectivity index (χ1v) is 6.06. The first-order chi connectivity index (χ1) is 8.24. The van der Waals surface area contributed by atoms with Gasteiger partial charge in [-0.1, -0.05) is 18.2 Å². The Labute approximate surface area is 103 Å². The third kappa shape index (κ3) is 1.72. The normalized spacial score (nSPS) is 10.8. The molecule has 4 heteroatoms. The van der Waals surface area contributed by atoms with Crippen molar-refractivity contribution in [3.8, 4) is 10.6 Å². The van der Waals surface area contributed by atoms with E-state index >= 15 is 0 Å². The van der Waals surface area contributed by atoms with E-state index in [-0.39, 0.29) is 0 Å². The van der Waals surface area contributed by atoms with Crippen LogP contribution in [-0.4, -0.2) is 4.98 Å². The van der Waals surface area contributed by atoms with Crippen LogP contribution >= 0.6 is 11.3 Å². The number of para-hydroxylation sites is 1. The molecule has 3 rings (SSSR count). The molecule has 0 spiro atoms. The average molecular weight is 241 g/mol. The maximum absolute atomic E-state index is 5.90. The van der Waals surface area contributed by atoms with Crippen molar-refractivity contribution in [1.29, 1.82) is 0 Å². The van der Waals surface area contributed by atoms with Gasteiger partial charge >= 0.3 is 0 Å². The fourth-order valence-electron chi connectivity index (χ4n) is 1.77. The first kappa shape index (κ1) is 10.1. The smallest absolute Gasteiger partial charge is 0.124 e. The van der Waals surface area contributed by atoms with Crippen molar-refractivity contribution >= 4 is 32.9 Å². The second-order valence-electron chi connectivity index (χ2n) is 3.84. The number of hydrogen-bond donors (Lipinski definition) is 2. The summed E-state index contributed by atoms with van der Waals surface area (Å²) in [6.07, 6.45) is 0. The number of rotatable bonds is 1. The second kappa shape index (κ2) is 3.75. The number of hydrogen-bond acceptors (Lipinski definition) is 4. The van der Waals surface area contributed by atoms with E-state index in [9.17, 15) is 0 Å². The SMILES string of the molecule is Nc1cccc(-c2nc3c(N)cccc3s2)c1. The fraction of sp³-hybridized carbons (Fsp3) is 0. The van der Waals surface area contributed by atoms with Gasteiger partial charge in [0.05, 0.1) is 10.4 Å². The van der Waals surface area contributed by atoms with Crippen LogP contribution in [0, 0.1) is 0 Å². The molecule has 84 valence electrons. The summed E-state index contributed by atoms with van der Waals surface area (Å²) in [5, 5.41) is 0.949. The Morgan fingerprint density at radius 3 is 2.59 bits per heavy atom. The van der Waals surface area contributed by atoms with Gasteiger partial charge in [-0.2, -0.15) is 0 Å². The van der Waals surface area contributed by atoms with Crippen molar-refractivity contribution in [2.24, 2.45) is 0 Å². The molecule has 1 aromatic heterocycles. The Balaban J connectivity index is 2.22. The monoisotopic (exact) mass is 241 g/mol. The van der Waals surface area contributed by atoms with Crippen LogP contribution in [0.25, 0.3) is 20.8 Å². The topological polar surface area (TPSA) is 64.9 Å². The molecule has 0 aliphatic rings. The molecule has 2 aromatic carbocycles. The molecule has 1 heterocycles. The molecule has 0 atom stereocenters. The Bertz CT molecular complexity index is 688. The molecule has 17 heavy (non-hydrogen) atoms. The molecule has 0 saturated carbocycles. The summed E-state index contributed by atoms with van der Waals surface area (Å²) in [5.74, 6) is 0. The van der Waals surface area contributed by atoms with Crippen LogP contribution < -0.4 is 11.5 Å². The predicted molar refractivity (Wildman–Crippen MR) is 73.9 cm³/mol. The van der Waals surface area contributed by atoms with Gasteiger partial charge in [-0.25, -0.2) is 4.98 Å². The molecule has 3 nitrogen and oxygen atoms in total. The lowest BCUT2D eigenvalue weighted by Gasteiger charge is -1.96. The van der Waals surface area contributed by atoms with Gasteiger partial charge in [-0.3, -0.25) is 0 Å². The van der Waals surface area contributed by atoms with Crippen LogP contribution in [0.1, 0.15) is 0 Å². The molecular weight excluding hydrogens is 230 g/mol. The van der Waals surface area contributed by atoms with Crippen molar-refractivity contribution < 1.29 is 0 Å². The first-order valence-electron chi connectivity index (χ1n) is 5.25. The summed E-state index contributed by atoms with van der Waals surface area (Å²) < 4.78 is 1.10. The quantitative estimate of drug-likeness (QED) is 0.643. The Hall–Kier alpha value is -2.07. The largest absolute Gasteiger partial charge is 0.399 e. The van der Waals surface area contributed by atoms with Crippen LogP contribution in [0.2, 0.25) is 0 Å². The third-order valence-corrected chi connectivity index (χ3v) is 3.65. The Kier molecular flexibility index (Phi) is 2.23. The fourth-order valence-corrected chi connectivity index (χ4v) is 2.76. The van der Waals surface area contributed by atoms with Gasteiger partial charge in [0.1, 0.15) is 10.5 Å². The number of thiazole rings is 1. The highest BCUT2D eigenvalue weighted by Gasteiger charge is 2.07. The molecule has 0 radical (unpaired) electrons. The molecule has 0 saturated heterocycles. The lowest BCUT2D eigenvalue weighted by atomic mass is 10.2. The van der Waals surface area contributed by atoms with E-state index < -0.39 is 0 Å². The highest BCUT2D eigenvalue weighted by Crippen LogP contribution is 2.33. The van der Waals surface area contributed by atoms with Crippen LogP contribution in [0.5, 0.6) is 0 Å². The molecule has 0 fully saturated rings. The average Bonchev–Trinajstić information content (AvgIpc) is 2.74. The van der Waals surface area contributed by atoms with Gasteiger partial charge in [-0.05, 0) is 24.3 Å². The number of nitrogens with two attached hydrogens (primary N) is 2. The number of nitrogens with zero attached hydrogens (tertiary/aromatic N) is 1. The zero-order valence-electron chi connectivity index (χ0n) is 9.05. The van der Waals surface area contributed by atoms with E-state index in [1.807, 2.05) is 42.5 Å². The minimum Gasteiger partial charge on any atom is -0.399 e. The number of benzene rings is 2. The van der Waals surface area contributed by atoms with E-state index in [1.165, 1.54) is 0 Å². The predicted octanol–water partition coefficient (Wildman–Crippen LogP) is 3.13. The van der Waals surface area contributed by atoms with E-state index in [0.29, 0.717) is 5.69 Å². The minimum absolute atomic E-state index is 0.717. The van der Waals surface area contributed by atoms with Crippen LogP contribution in [0.15, 0.2) is 42.5 Å². The third-order valence-electron chi connectivity index (χ3n) is 2.58. The molecular formula is C13H11N3S. The molecule has 0 amide bonds. The highest BCUT2D eigenvalue weighted by atomic mass is 32.1. The van der Waals surface area contributed by atoms with E-state index in [2.05, 4.69) is 4.98 Å². The molecule has 0 aliphatic heterocycles. The standard InChI is InChI=1S/C13H11N3S/c14-9-4-1-3-8(7-9)13-16-12-10(15)5-2-6-11(12)17-13/h1-7H,14-15H2. The van der Waals surface area contributed by atoms with Gasteiger partial charge < -0.3 is 11.5 Å². The van der Waals surface area contributed by atoms with Crippen molar-refractivity contribution in [2.45, 2.75) is 0 Å². The second-order valence-corrected chi connectivity index (χ2v) is 4.87. The van der Waals surface area contributed by atoms with Gasteiger partial charge in [0, 0.05) is 11.3 Å². The van der Waals surface area contributed by atoms with Crippen molar-refractivity contribution in [3.63, 3.8) is 0 Å². The van der Waals surface area contributed by atoms with Gasteiger partial charge in [0.25, 0.3) is 0 Å².